The molecule has 0 bridgehead atoms. The van der Waals surface area contributed by atoms with Gasteiger partial charge in [-0.3, -0.25) is 4.90 Å². The summed E-state index contributed by atoms with van der Waals surface area (Å²) in [5.41, 5.74) is 1.36. The molecular weight excluding hydrogens is 378 g/mol. The number of nitrogens with zero attached hydrogens (tertiary/aromatic N) is 2. The van der Waals surface area contributed by atoms with Crippen LogP contribution in [0.3, 0.4) is 0 Å². The number of rotatable bonds is 7. The number of nitrogens with one attached hydrogen (secondary N) is 1. The molecule has 2 N–H and O–H groups in total. The van der Waals surface area contributed by atoms with Gasteiger partial charge < -0.3 is 20.1 Å². The van der Waals surface area contributed by atoms with Crippen molar-refractivity contribution in [3.05, 3.63) is 59.1 Å². The van der Waals surface area contributed by atoms with Crippen molar-refractivity contribution >= 4 is 23.3 Å². The maximum Gasteiger partial charge on any atom is 0.322 e. The van der Waals surface area contributed by atoms with Crippen LogP contribution in [-0.2, 0) is 11.3 Å². The van der Waals surface area contributed by atoms with Crippen LogP contribution in [0.25, 0.3) is 0 Å². The normalized spacial score (nSPS) is 14.6. The van der Waals surface area contributed by atoms with E-state index in [1.54, 1.807) is 23.1 Å². The smallest absolute Gasteiger partial charge is 0.322 e. The third-order valence-corrected chi connectivity index (χ3v) is 4.96. The van der Waals surface area contributed by atoms with Crippen LogP contribution in [-0.4, -0.2) is 60.3 Å². The summed E-state index contributed by atoms with van der Waals surface area (Å²) < 4.78 is 5.38. The van der Waals surface area contributed by atoms with Crippen molar-refractivity contribution in [2.45, 2.75) is 13.0 Å². The Morgan fingerprint density at radius 2 is 1.93 bits per heavy atom. The van der Waals surface area contributed by atoms with Crippen molar-refractivity contribution in [2.24, 2.45) is 0 Å². The topological polar surface area (TPSA) is 65.0 Å². The molecule has 2 aromatic carbocycles. The van der Waals surface area contributed by atoms with E-state index in [2.05, 4.69) is 10.2 Å². The molecule has 1 heterocycles. The number of phenolic OH excluding ortho intramolecular Hbond substituents is 1. The Balaban J connectivity index is 1.65. The molecule has 2 aromatic rings. The Kier molecular flexibility index (Phi) is 7.54. The van der Waals surface area contributed by atoms with E-state index < -0.39 is 0 Å². The predicted octanol–water partition coefficient (Wildman–Crippen LogP) is 3.80. The Morgan fingerprint density at radius 3 is 2.68 bits per heavy atom. The number of hydrogen-bond acceptors (Lipinski definition) is 4. The molecule has 1 aliphatic heterocycles. The van der Waals surface area contributed by atoms with Crippen molar-refractivity contribution < 1.29 is 14.6 Å². The zero-order chi connectivity index (χ0) is 19.8. The van der Waals surface area contributed by atoms with Gasteiger partial charge in [-0.25, -0.2) is 4.79 Å². The Labute approximate surface area is 170 Å². The van der Waals surface area contributed by atoms with Crippen LogP contribution in [0.4, 0.5) is 10.5 Å². The lowest BCUT2D eigenvalue weighted by molar-refractivity contribution is 0.0365. The number of carbonyl (C=O) groups excluding carboxylic acids is 1. The number of anilines is 1. The summed E-state index contributed by atoms with van der Waals surface area (Å²) in [5.74, 6) is 0.134. The summed E-state index contributed by atoms with van der Waals surface area (Å²) in [7, 11) is 0. The Hall–Kier alpha value is -2.28. The second kappa shape index (κ2) is 10.3. The SMILES string of the molecule is O=C(Nc1ccccc1)N(CCCN1CCOCC1)Cc1cc(Cl)ccc1O. The lowest BCUT2D eigenvalue weighted by atomic mass is 10.2. The Bertz CT molecular complexity index is 767. The minimum atomic E-state index is -0.201. The van der Waals surface area contributed by atoms with Gasteiger partial charge in [0.15, 0.2) is 0 Å². The number of para-hydroxylation sites is 1. The van der Waals surface area contributed by atoms with Crippen molar-refractivity contribution in [3.63, 3.8) is 0 Å². The number of hydrogen-bond donors (Lipinski definition) is 2. The van der Waals surface area contributed by atoms with E-state index >= 15 is 0 Å². The summed E-state index contributed by atoms with van der Waals surface area (Å²) in [4.78, 5) is 16.9. The lowest BCUT2D eigenvalue weighted by Gasteiger charge is -2.28. The minimum absolute atomic E-state index is 0.134. The maximum absolute atomic E-state index is 12.9. The first kappa shape index (κ1) is 20.5. The number of carbonyl (C=O) groups is 1. The highest BCUT2D eigenvalue weighted by Gasteiger charge is 2.17. The molecule has 150 valence electrons. The molecule has 6 nitrogen and oxygen atoms in total. The fourth-order valence-electron chi connectivity index (χ4n) is 3.17. The van der Waals surface area contributed by atoms with Crippen LogP contribution in [0.15, 0.2) is 48.5 Å². The molecule has 0 aromatic heterocycles. The van der Waals surface area contributed by atoms with Gasteiger partial charge in [-0.05, 0) is 36.8 Å². The fourth-order valence-corrected chi connectivity index (χ4v) is 3.37. The van der Waals surface area contributed by atoms with E-state index in [0.717, 1.165) is 45.0 Å². The van der Waals surface area contributed by atoms with Crippen molar-refractivity contribution in [1.29, 1.82) is 0 Å². The Morgan fingerprint density at radius 1 is 1.18 bits per heavy atom. The third kappa shape index (κ3) is 6.12. The first-order chi connectivity index (χ1) is 13.6. The maximum atomic E-state index is 12.9. The molecule has 1 saturated heterocycles. The molecule has 0 aliphatic carbocycles. The summed E-state index contributed by atoms with van der Waals surface area (Å²) in [5, 5.41) is 13.6. The number of urea groups is 1. The van der Waals surface area contributed by atoms with Gasteiger partial charge in [0.05, 0.1) is 19.8 Å². The molecule has 28 heavy (non-hydrogen) atoms. The minimum Gasteiger partial charge on any atom is -0.508 e. The summed E-state index contributed by atoms with van der Waals surface area (Å²) in [6.07, 6.45) is 0.837. The van der Waals surface area contributed by atoms with Gasteiger partial charge in [0, 0.05) is 42.5 Å². The van der Waals surface area contributed by atoms with Crippen LogP contribution in [0, 0.1) is 0 Å². The zero-order valence-corrected chi connectivity index (χ0v) is 16.6. The van der Waals surface area contributed by atoms with E-state index in [4.69, 9.17) is 16.3 Å². The van der Waals surface area contributed by atoms with E-state index in [-0.39, 0.29) is 18.3 Å². The summed E-state index contributed by atoms with van der Waals surface area (Å²) >= 11 is 6.07. The van der Waals surface area contributed by atoms with Crippen LogP contribution >= 0.6 is 11.6 Å². The fraction of sp³-hybridized carbons (Fsp3) is 0.381. The van der Waals surface area contributed by atoms with Gasteiger partial charge in [-0.15, -0.1) is 0 Å². The average Bonchev–Trinajstić information content (AvgIpc) is 2.71. The standard InChI is InChI=1S/C21H26ClN3O3/c22-18-7-8-20(26)17(15-18)16-25(10-4-9-24-11-13-28-14-12-24)21(27)23-19-5-2-1-3-6-19/h1-3,5-8,15,26H,4,9-14,16H2,(H,23,27). The average molecular weight is 404 g/mol. The van der Waals surface area contributed by atoms with Crippen molar-refractivity contribution in [1.82, 2.24) is 9.80 Å². The van der Waals surface area contributed by atoms with Gasteiger partial charge in [-0.2, -0.15) is 0 Å². The van der Waals surface area contributed by atoms with E-state index in [0.29, 0.717) is 17.1 Å². The summed E-state index contributed by atoms with van der Waals surface area (Å²) in [6, 6.07) is 14.0. The largest absolute Gasteiger partial charge is 0.508 e. The number of aromatic hydroxyl groups is 1. The van der Waals surface area contributed by atoms with Crippen LogP contribution < -0.4 is 5.32 Å². The molecule has 7 heteroatoms. The quantitative estimate of drug-likeness (QED) is 0.738. The monoisotopic (exact) mass is 403 g/mol. The molecule has 1 aliphatic rings. The molecule has 0 unspecified atom stereocenters. The lowest BCUT2D eigenvalue weighted by Crippen LogP contribution is -2.40. The van der Waals surface area contributed by atoms with Gasteiger partial charge in [-0.1, -0.05) is 29.8 Å². The highest BCUT2D eigenvalue weighted by Crippen LogP contribution is 2.23. The van der Waals surface area contributed by atoms with Crippen molar-refractivity contribution in [2.75, 3.05) is 44.7 Å². The first-order valence-electron chi connectivity index (χ1n) is 9.50. The molecular formula is C21H26ClN3O3. The number of phenols is 1. The molecule has 0 radical (unpaired) electrons. The number of morpholine rings is 1. The molecule has 3 rings (SSSR count). The predicted molar refractivity (Wildman–Crippen MR) is 111 cm³/mol. The number of halogens is 1. The molecule has 0 saturated carbocycles. The number of amides is 2. The first-order valence-corrected chi connectivity index (χ1v) is 9.88. The highest BCUT2D eigenvalue weighted by molar-refractivity contribution is 6.30. The number of benzene rings is 2. The molecule has 2 amide bonds. The number of ether oxygens (including phenoxy) is 1. The van der Waals surface area contributed by atoms with Gasteiger partial charge >= 0.3 is 6.03 Å². The van der Waals surface area contributed by atoms with E-state index in [1.165, 1.54) is 0 Å². The zero-order valence-electron chi connectivity index (χ0n) is 15.8. The summed E-state index contributed by atoms with van der Waals surface area (Å²) in [6.45, 7) is 5.12. The van der Waals surface area contributed by atoms with Crippen LogP contribution in [0.5, 0.6) is 5.75 Å². The second-order valence-corrected chi connectivity index (χ2v) is 7.23. The highest BCUT2D eigenvalue weighted by atomic mass is 35.5. The van der Waals surface area contributed by atoms with E-state index in [9.17, 15) is 9.90 Å². The van der Waals surface area contributed by atoms with Gasteiger partial charge in [0.2, 0.25) is 0 Å². The van der Waals surface area contributed by atoms with Crippen molar-refractivity contribution in [3.8, 4) is 5.75 Å². The molecule has 0 atom stereocenters. The van der Waals surface area contributed by atoms with E-state index in [1.807, 2.05) is 30.3 Å². The molecule has 1 fully saturated rings. The van der Waals surface area contributed by atoms with Crippen LogP contribution in [0.1, 0.15) is 12.0 Å². The van der Waals surface area contributed by atoms with Crippen LogP contribution in [0.2, 0.25) is 5.02 Å². The second-order valence-electron chi connectivity index (χ2n) is 6.80. The molecule has 0 spiro atoms. The third-order valence-electron chi connectivity index (χ3n) is 4.72. The van der Waals surface area contributed by atoms with Gasteiger partial charge in [0.1, 0.15) is 5.75 Å². The van der Waals surface area contributed by atoms with Gasteiger partial charge in [0.25, 0.3) is 0 Å².